The number of carbonyl (C=O) groups excluding carboxylic acids is 1. The number of rotatable bonds is 9. The van der Waals surface area contributed by atoms with Crippen LogP contribution in [0.4, 0.5) is 0 Å². The molecular weight excluding hydrogens is 492 g/mol. The molecule has 9 heteroatoms. The summed E-state index contributed by atoms with van der Waals surface area (Å²) >= 11 is 0. The van der Waals surface area contributed by atoms with Gasteiger partial charge in [0, 0.05) is 54.7 Å². The Labute approximate surface area is 228 Å². The molecule has 1 saturated heterocycles. The second-order valence-corrected chi connectivity index (χ2v) is 10.3. The van der Waals surface area contributed by atoms with Gasteiger partial charge in [-0.15, -0.1) is 0 Å². The standard InChI is InChI=1S/C30H36N6O3/c31-11-3-4-14-35(26-10-17-39-27-8-5-12-33-29(26)27)20-24-30-23(9-13-32-24)22-6-1-2-7-25(22)36(30)21-28(37)34-15-18-38-19-16-34/h1-2,5-9,12-13,26H,3-4,10-11,14-21,31H2. The van der Waals surface area contributed by atoms with Gasteiger partial charge in [0.05, 0.1) is 42.8 Å². The van der Waals surface area contributed by atoms with Gasteiger partial charge in [0.15, 0.2) is 0 Å². The largest absolute Gasteiger partial charge is 0.492 e. The molecule has 2 N–H and O–H groups in total. The maximum atomic E-state index is 13.4. The molecule has 204 valence electrons. The average Bonchev–Trinajstić information content (AvgIpc) is 3.31. The molecule has 4 aromatic rings. The van der Waals surface area contributed by atoms with Crippen LogP contribution < -0.4 is 10.5 Å². The lowest BCUT2D eigenvalue weighted by Crippen LogP contribution is -2.42. The van der Waals surface area contributed by atoms with Crippen molar-refractivity contribution in [1.29, 1.82) is 0 Å². The van der Waals surface area contributed by atoms with Gasteiger partial charge in [-0.2, -0.15) is 0 Å². The van der Waals surface area contributed by atoms with Crippen molar-refractivity contribution in [2.75, 3.05) is 46.0 Å². The van der Waals surface area contributed by atoms with Crippen molar-refractivity contribution in [3.05, 3.63) is 66.2 Å². The van der Waals surface area contributed by atoms with E-state index in [2.05, 4.69) is 33.7 Å². The van der Waals surface area contributed by atoms with Crippen LogP contribution in [-0.2, 0) is 22.6 Å². The Hall–Kier alpha value is -3.53. The summed E-state index contributed by atoms with van der Waals surface area (Å²) in [6.07, 6.45) is 6.55. The monoisotopic (exact) mass is 528 g/mol. The highest BCUT2D eigenvalue weighted by atomic mass is 16.5. The minimum atomic E-state index is 0.109. The van der Waals surface area contributed by atoms with E-state index < -0.39 is 0 Å². The van der Waals surface area contributed by atoms with E-state index >= 15 is 0 Å². The van der Waals surface area contributed by atoms with Gasteiger partial charge in [-0.1, -0.05) is 18.2 Å². The van der Waals surface area contributed by atoms with Gasteiger partial charge >= 0.3 is 0 Å². The Bertz CT molecular complexity index is 1450. The van der Waals surface area contributed by atoms with Crippen LogP contribution in [0.2, 0.25) is 0 Å². The minimum Gasteiger partial charge on any atom is -0.492 e. The molecule has 1 fully saturated rings. The van der Waals surface area contributed by atoms with Crippen LogP contribution >= 0.6 is 0 Å². The number of ether oxygens (including phenoxy) is 2. The van der Waals surface area contributed by atoms with E-state index in [1.807, 2.05) is 35.5 Å². The van der Waals surface area contributed by atoms with E-state index in [9.17, 15) is 4.79 Å². The number of benzene rings is 1. The van der Waals surface area contributed by atoms with E-state index in [-0.39, 0.29) is 18.5 Å². The molecule has 2 aliphatic rings. The molecule has 39 heavy (non-hydrogen) atoms. The third-order valence-corrected chi connectivity index (χ3v) is 7.87. The van der Waals surface area contributed by atoms with Crippen molar-refractivity contribution < 1.29 is 14.3 Å². The highest BCUT2D eigenvalue weighted by molar-refractivity contribution is 6.09. The highest BCUT2D eigenvalue weighted by Gasteiger charge is 2.30. The van der Waals surface area contributed by atoms with Crippen molar-refractivity contribution in [1.82, 2.24) is 24.3 Å². The molecule has 5 heterocycles. The van der Waals surface area contributed by atoms with Gasteiger partial charge in [0.2, 0.25) is 5.91 Å². The predicted octanol–water partition coefficient (Wildman–Crippen LogP) is 3.51. The predicted molar refractivity (Wildman–Crippen MR) is 150 cm³/mol. The topological polar surface area (TPSA) is 98.7 Å². The number of amides is 1. The SMILES string of the molecule is NCCCCN(Cc1nccc2c3ccccc3n(CC(=O)N3CCOCC3)c12)C1CCOc2cccnc21. The maximum absolute atomic E-state index is 13.4. The molecule has 0 bridgehead atoms. The van der Waals surface area contributed by atoms with Gasteiger partial charge < -0.3 is 24.7 Å². The van der Waals surface area contributed by atoms with E-state index in [1.165, 1.54) is 0 Å². The van der Waals surface area contributed by atoms with Crippen molar-refractivity contribution >= 4 is 27.7 Å². The Morgan fingerprint density at radius 1 is 1.00 bits per heavy atom. The molecule has 0 saturated carbocycles. The van der Waals surface area contributed by atoms with E-state index in [0.717, 1.165) is 64.8 Å². The highest BCUT2D eigenvalue weighted by Crippen LogP contribution is 2.37. The lowest BCUT2D eigenvalue weighted by atomic mass is 10.0. The Kier molecular flexibility index (Phi) is 7.71. The second kappa shape index (κ2) is 11.7. The fourth-order valence-corrected chi connectivity index (χ4v) is 5.95. The number of morpholine rings is 1. The van der Waals surface area contributed by atoms with Crippen LogP contribution in [0, 0.1) is 0 Å². The molecule has 0 spiro atoms. The third-order valence-electron chi connectivity index (χ3n) is 7.87. The quantitative estimate of drug-likeness (QED) is 0.332. The Balaban J connectivity index is 1.40. The van der Waals surface area contributed by atoms with Gasteiger partial charge in [-0.3, -0.25) is 19.7 Å². The molecular formula is C30H36N6O3. The smallest absolute Gasteiger partial charge is 0.242 e. The van der Waals surface area contributed by atoms with Gasteiger partial charge in [-0.05, 0) is 50.2 Å². The van der Waals surface area contributed by atoms with Gasteiger partial charge in [0.25, 0.3) is 0 Å². The molecule has 0 aliphatic carbocycles. The first kappa shape index (κ1) is 25.7. The number of nitrogens with zero attached hydrogens (tertiary/aromatic N) is 5. The normalized spacial score (nSPS) is 17.5. The first-order chi connectivity index (χ1) is 19.2. The zero-order valence-corrected chi connectivity index (χ0v) is 22.3. The van der Waals surface area contributed by atoms with Crippen LogP contribution in [0.5, 0.6) is 5.75 Å². The van der Waals surface area contributed by atoms with Crippen LogP contribution in [-0.4, -0.2) is 76.2 Å². The van der Waals surface area contributed by atoms with E-state index in [4.69, 9.17) is 25.2 Å². The third kappa shape index (κ3) is 5.22. The summed E-state index contributed by atoms with van der Waals surface area (Å²) < 4.78 is 13.6. The second-order valence-electron chi connectivity index (χ2n) is 10.3. The fraction of sp³-hybridized carbons (Fsp3) is 0.433. The summed E-state index contributed by atoms with van der Waals surface area (Å²) in [4.78, 5) is 27.4. The number of pyridine rings is 2. The first-order valence-electron chi connectivity index (χ1n) is 14.0. The van der Waals surface area contributed by atoms with Crippen LogP contribution in [0.15, 0.2) is 54.9 Å². The number of para-hydroxylation sites is 1. The van der Waals surface area contributed by atoms with Crippen molar-refractivity contribution in [3.63, 3.8) is 0 Å². The van der Waals surface area contributed by atoms with Crippen molar-refractivity contribution in [2.24, 2.45) is 5.73 Å². The van der Waals surface area contributed by atoms with Crippen molar-refractivity contribution in [2.45, 2.75) is 38.4 Å². The molecule has 1 unspecified atom stereocenters. The molecule has 6 rings (SSSR count). The van der Waals surface area contributed by atoms with Crippen LogP contribution in [0.25, 0.3) is 21.8 Å². The summed E-state index contributed by atoms with van der Waals surface area (Å²) in [6, 6.07) is 14.4. The summed E-state index contributed by atoms with van der Waals surface area (Å²) in [5.41, 5.74) is 9.88. The summed E-state index contributed by atoms with van der Waals surface area (Å²) in [5, 5.41) is 2.26. The number of hydrogen-bond acceptors (Lipinski definition) is 7. The maximum Gasteiger partial charge on any atom is 0.242 e. The van der Waals surface area contributed by atoms with E-state index in [0.29, 0.717) is 46.0 Å². The molecule has 0 radical (unpaired) electrons. The Morgan fingerprint density at radius 3 is 2.74 bits per heavy atom. The zero-order valence-electron chi connectivity index (χ0n) is 22.3. The average molecular weight is 529 g/mol. The molecule has 1 aromatic carbocycles. The molecule has 1 atom stereocenters. The molecule has 3 aromatic heterocycles. The number of fused-ring (bicyclic) bond motifs is 4. The number of aromatic nitrogens is 3. The lowest BCUT2D eigenvalue weighted by Gasteiger charge is -2.35. The zero-order chi connectivity index (χ0) is 26.6. The molecule has 1 amide bonds. The fourth-order valence-electron chi connectivity index (χ4n) is 5.95. The van der Waals surface area contributed by atoms with Crippen LogP contribution in [0.1, 0.15) is 36.7 Å². The first-order valence-corrected chi connectivity index (χ1v) is 14.0. The van der Waals surface area contributed by atoms with Crippen molar-refractivity contribution in [3.8, 4) is 5.75 Å². The number of unbranched alkanes of at least 4 members (excludes halogenated alkanes) is 1. The lowest BCUT2D eigenvalue weighted by molar-refractivity contribution is -0.135. The Morgan fingerprint density at radius 2 is 1.87 bits per heavy atom. The molecule has 2 aliphatic heterocycles. The minimum absolute atomic E-state index is 0.109. The number of nitrogens with two attached hydrogens (primary N) is 1. The number of hydrogen-bond donors (Lipinski definition) is 1. The van der Waals surface area contributed by atoms with Gasteiger partial charge in [0.1, 0.15) is 12.3 Å². The van der Waals surface area contributed by atoms with Gasteiger partial charge in [-0.25, -0.2) is 0 Å². The summed E-state index contributed by atoms with van der Waals surface area (Å²) in [6.45, 7) is 5.56. The molecule has 9 nitrogen and oxygen atoms in total. The number of carbonyl (C=O) groups is 1. The van der Waals surface area contributed by atoms with Crippen LogP contribution in [0.3, 0.4) is 0 Å². The van der Waals surface area contributed by atoms with E-state index in [1.54, 1.807) is 0 Å². The summed E-state index contributed by atoms with van der Waals surface area (Å²) in [7, 11) is 0. The summed E-state index contributed by atoms with van der Waals surface area (Å²) in [5.74, 6) is 0.965.